The zero-order valence-corrected chi connectivity index (χ0v) is 9.24. The number of nitrogens with zero attached hydrogens (tertiary/aromatic N) is 1. The number of aryl methyl sites for hydroxylation is 1. The molecule has 0 aliphatic rings. The van der Waals surface area contributed by atoms with E-state index in [1.165, 1.54) is 0 Å². The van der Waals surface area contributed by atoms with Crippen molar-refractivity contribution in [2.75, 3.05) is 6.61 Å². The molecule has 15 heavy (non-hydrogen) atoms. The van der Waals surface area contributed by atoms with Crippen LogP contribution in [0.1, 0.15) is 23.6 Å². The highest BCUT2D eigenvalue weighted by Crippen LogP contribution is 2.26. The van der Waals surface area contributed by atoms with Crippen molar-refractivity contribution < 1.29 is 9.94 Å². The van der Waals surface area contributed by atoms with E-state index in [1.54, 1.807) is 6.07 Å². The van der Waals surface area contributed by atoms with E-state index in [0.717, 1.165) is 11.1 Å². The van der Waals surface area contributed by atoms with Crippen LogP contribution in [0.5, 0.6) is 5.75 Å². The maximum absolute atomic E-state index is 8.65. The first-order chi connectivity index (χ1) is 7.11. The number of hydrogen-bond acceptors (Lipinski definition) is 3. The maximum atomic E-state index is 8.65. The predicted molar refractivity (Wildman–Crippen MR) is 59.6 cm³/mol. The fourth-order valence-corrected chi connectivity index (χ4v) is 1.38. The molecule has 0 spiro atoms. The number of hydrogen-bond donors (Lipinski definition) is 2. The van der Waals surface area contributed by atoms with Gasteiger partial charge in [0.05, 0.1) is 12.2 Å². The molecule has 4 heteroatoms. The topological polar surface area (TPSA) is 67.8 Å². The van der Waals surface area contributed by atoms with Gasteiger partial charge in [-0.3, -0.25) is 0 Å². The van der Waals surface area contributed by atoms with Gasteiger partial charge in [0, 0.05) is 0 Å². The van der Waals surface area contributed by atoms with Crippen LogP contribution in [0.2, 0.25) is 0 Å². The fourth-order valence-electron chi connectivity index (χ4n) is 1.38. The van der Waals surface area contributed by atoms with Gasteiger partial charge in [-0.25, -0.2) is 0 Å². The SMILES string of the molecule is CCOc1c(/C(N)=N\O)ccc(C)c1C. The molecule has 0 fully saturated rings. The Morgan fingerprint density at radius 3 is 2.67 bits per heavy atom. The summed E-state index contributed by atoms with van der Waals surface area (Å²) < 4.78 is 5.50. The van der Waals surface area contributed by atoms with Gasteiger partial charge in [0.15, 0.2) is 5.84 Å². The van der Waals surface area contributed by atoms with Crippen LogP contribution >= 0.6 is 0 Å². The van der Waals surface area contributed by atoms with Crippen molar-refractivity contribution in [1.82, 2.24) is 0 Å². The van der Waals surface area contributed by atoms with Gasteiger partial charge >= 0.3 is 0 Å². The average Bonchev–Trinajstić information content (AvgIpc) is 2.24. The largest absolute Gasteiger partial charge is 0.493 e. The second-order valence-electron chi connectivity index (χ2n) is 3.30. The molecule has 4 nitrogen and oxygen atoms in total. The lowest BCUT2D eigenvalue weighted by Gasteiger charge is -2.13. The number of oxime groups is 1. The number of rotatable bonds is 3. The van der Waals surface area contributed by atoms with Crippen LogP contribution in [0.25, 0.3) is 0 Å². The summed E-state index contributed by atoms with van der Waals surface area (Å²) in [6.45, 7) is 6.40. The molecule has 0 bridgehead atoms. The lowest BCUT2D eigenvalue weighted by Crippen LogP contribution is -2.15. The summed E-state index contributed by atoms with van der Waals surface area (Å²) >= 11 is 0. The third-order valence-electron chi connectivity index (χ3n) is 2.35. The second kappa shape index (κ2) is 4.68. The summed E-state index contributed by atoms with van der Waals surface area (Å²) in [6, 6.07) is 3.72. The molecule has 0 saturated carbocycles. The van der Waals surface area contributed by atoms with Crippen molar-refractivity contribution in [3.8, 4) is 5.75 Å². The van der Waals surface area contributed by atoms with E-state index >= 15 is 0 Å². The first kappa shape index (κ1) is 11.4. The van der Waals surface area contributed by atoms with Crippen molar-refractivity contribution in [3.63, 3.8) is 0 Å². The minimum atomic E-state index is 0.0709. The third kappa shape index (κ3) is 2.21. The maximum Gasteiger partial charge on any atom is 0.173 e. The van der Waals surface area contributed by atoms with Gasteiger partial charge in [-0.1, -0.05) is 11.2 Å². The van der Waals surface area contributed by atoms with Gasteiger partial charge in [0.25, 0.3) is 0 Å². The van der Waals surface area contributed by atoms with E-state index in [0.29, 0.717) is 17.9 Å². The highest BCUT2D eigenvalue weighted by Gasteiger charge is 2.12. The number of ether oxygens (including phenoxy) is 1. The minimum absolute atomic E-state index is 0.0709. The molecule has 0 aliphatic carbocycles. The van der Waals surface area contributed by atoms with E-state index in [1.807, 2.05) is 26.8 Å². The molecule has 0 saturated heterocycles. The van der Waals surface area contributed by atoms with Gasteiger partial charge in [-0.05, 0) is 38.0 Å². The molecule has 0 unspecified atom stereocenters. The number of benzene rings is 1. The molecule has 3 N–H and O–H groups in total. The summed E-state index contributed by atoms with van der Waals surface area (Å²) in [5.74, 6) is 0.759. The molecular weight excluding hydrogens is 192 g/mol. The van der Waals surface area contributed by atoms with Crippen molar-refractivity contribution in [3.05, 3.63) is 28.8 Å². The molecule has 0 heterocycles. The fraction of sp³-hybridized carbons (Fsp3) is 0.364. The molecular formula is C11H16N2O2. The summed E-state index contributed by atoms with van der Waals surface area (Å²) in [4.78, 5) is 0. The van der Waals surface area contributed by atoms with Gasteiger partial charge in [-0.2, -0.15) is 0 Å². The lowest BCUT2D eigenvalue weighted by molar-refractivity contribution is 0.316. The van der Waals surface area contributed by atoms with E-state index in [9.17, 15) is 0 Å². The molecule has 0 radical (unpaired) electrons. The summed E-state index contributed by atoms with van der Waals surface area (Å²) in [6.07, 6.45) is 0. The van der Waals surface area contributed by atoms with Crippen molar-refractivity contribution in [1.29, 1.82) is 0 Å². The van der Waals surface area contributed by atoms with E-state index in [2.05, 4.69) is 5.16 Å². The Kier molecular flexibility index (Phi) is 3.55. The smallest absolute Gasteiger partial charge is 0.173 e. The van der Waals surface area contributed by atoms with E-state index in [-0.39, 0.29) is 5.84 Å². The Hall–Kier alpha value is -1.71. The van der Waals surface area contributed by atoms with Crippen LogP contribution in [0.3, 0.4) is 0 Å². The number of amidine groups is 1. The van der Waals surface area contributed by atoms with E-state index < -0.39 is 0 Å². The normalized spacial score (nSPS) is 11.5. The Labute approximate surface area is 89.4 Å². The molecule has 0 atom stereocenters. The third-order valence-corrected chi connectivity index (χ3v) is 2.35. The Balaban J connectivity index is 3.32. The molecule has 0 aliphatic heterocycles. The zero-order chi connectivity index (χ0) is 11.4. The Bertz CT molecular complexity index is 386. The highest BCUT2D eigenvalue weighted by atomic mass is 16.5. The zero-order valence-electron chi connectivity index (χ0n) is 9.24. The van der Waals surface area contributed by atoms with Crippen LogP contribution in [0.4, 0.5) is 0 Å². The highest BCUT2D eigenvalue weighted by molar-refractivity contribution is 6.00. The molecule has 82 valence electrons. The monoisotopic (exact) mass is 208 g/mol. The molecule has 1 aromatic rings. The Morgan fingerprint density at radius 1 is 1.47 bits per heavy atom. The number of nitrogens with two attached hydrogens (primary N) is 1. The molecule has 1 aromatic carbocycles. The quantitative estimate of drug-likeness (QED) is 0.344. The summed E-state index contributed by atoms with van der Waals surface area (Å²) in [5.41, 5.74) is 8.32. The summed E-state index contributed by atoms with van der Waals surface area (Å²) in [5, 5.41) is 11.6. The molecule has 0 amide bonds. The van der Waals surface area contributed by atoms with Crippen molar-refractivity contribution in [2.24, 2.45) is 10.9 Å². The van der Waals surface area contributed by atoms with Crippen LogP contribution in [0, 0.1) is 13.8 Å². The predicted octanol–water partition coefficient (Wildman–Crippen LogP) is 1.80. The van der Waals surface area contributed by atoms with Crippen molar-refractivity contribution >= 4 is 5.84 Å². The van der Waals surface area contributed by atoms with Gasteiger partial charge in [0.1, 0.15) is 5.75 Å². The van der Waals surface area contributed by atoms with Crippen LogP contribution < -0.4 is 10.5 Å². The first-order valence-electron chi connectivity index (χ1n) is 4.82. The van der Waals surface area contributed by atoms with Gasteiger partial charge in [-0.15, -0.1) is 0 Å². The van der Waals surface area contributed by atoms with Crippen LogP contribution in [0.15, 0.2) is 17.3 Å². The van der Waals surface area contributed by atoms with Gasteiger partial charge in [0.2, 0.25) is 0 Å². The minimum Gasteiger partial charge on any atom is -0.493 e. The Morgan fingerprint density at radius 2 is 2.13 bits per heavy atom. The molecule has 1 rings (SSSR count). The van der Waals surface area contributed by atoms with Crippen LogP contribution in [-0.2, 0) is 0 Å². The average molecular weight is 208 g/mol. The van der Waals surface area contributed by atoms with E-state index in [4.69, 9.17) is 15.7 Å². The van der Waals surface area contributed by atoms with Gasteiger partial charge < -0.3 is 15.7 Å². The first-order valence-corrected chi connectivity index (χ1v) is 4.82. The standard InChI is InChI=1S/C11H16N2O2/c1-4-15-10-8(3)7(2)5-6-9(10)11(12)13-14/h5-6,14H,4H2,1-3H3,(H2,12,13). The van der Waals surface area contributed by atoms with Crippen LogP contribution in [-0.4, -0.2) is 17.6 Å². The lowest BCUT2D eigenvalue weighted by atomic mass is 10.0. The van der Waals surface area contributed by atoms with Crippen molar-refractivity contribution in [2.45, 2.75) is 20.8 Å². The second-order valence-corrected chi connectivity index (χ2v) is 3.30. The summed E-state index contributed by atoms with van der Waals surface area (Å²) in [7, 11) is 0. The molecule has 0 aromatic heterocycles.